The third kappa shape index (κ3) is 6.18. The number of fused-ring (bicyclic) bond motifs is 1. The SMILES string of the molecule is O=C(O)COc1ccc(C(Cc2ccccc2)=NOCc2ccc(C(F)(F)F)cc2)c2cccnc12. The van der Waals surface area contributed by atoms with Gasteiger partial charge in [0, 0.05) is 23.6 Å². The van der Waals surface area contributed by atoms with Crippen molar-refractivity contribution in [2.75, 3.05) is 6.61 Å². The zero-order valence-electron chi connectivity index (χ0n) is 18.9. The van der Waals surface area contributed by atoms with Gasteiger partial charge >= 0.3 is 12.1 Å². The number of halogens is 3. The van der Waals surface area contributed by atoms with Gasteiger partial charge in [0.05, 0.1) is 11.3 Å². The number of aromatic nitrogens is 1. The zero-order chi connectivity index (χ0) is 25.5. The van der Waals surface area contributed by atoms with E-state index < -0.39 is 24.3 Å². The van der Waals surface area contributed by atoms with E-state index in [-0.39, 0.29) is 6.61 Å². The van der Waals surface area contributed by atoms with Crippen LogP contribution in [-0.2, 0) is 28.8 Å². The molecule has 0 saturated carbocycles. The van der Waals surface area contributed by atoms with Crippen LogP contribution in [0.25, 0.3) is 10.9 Å². The Balaban J connectivity index is 1.65. The van der Waals surface area contributed by atoms with Crippen molar-refractivity contribution in [3.8, 4) is 5.75 Å². The lowest BCUT2D eigenvalue weighted by atomic mass is 9.98. The Bertz CT molecular complexity index is 1370. The molecule has 0 radical (unpaired) electrons. The topological polar surface area (TPSA) is 81.0 Å². The van der Waals surface area contributed by atoms with E-state index in [4.69, 9.17) is 14.7 Å². The molecule has 4 rings (SSSR count). The zero-order valence-corrected chi connectivity index (χ0v) is 18.9. The second-order valence-corrected chi connectivity index (χ2v) is 7.86. The number of hydrogen-bond acceptors (Lipinski definition) is 5. The van der Waals surface area contributed by atoms with E-state index in [1.807, 2.05) is 36.4 Å². The highest BCUT2D eigenvalue weighted by Crippen LogP contribution is 2.30. The molecule has 6 nitrogen and oxygen atoms in total. The third-order valence-corrected chi connectivity index (χ3v) is 5.30. The predicted octanol–water partition coefficient (Wildman–Crippen LogP) is 5.88. The van der Waals surface area contributed by atoms with Gasteiger partial charge in [-0.15, -0.1) is 0 Å². The van der Waals surface area contributed by atoms with Crippen molar-refractivity contribution in [2.24, 2.45) is 5.16 Å². The van der Waals surface area contributed by atoms with Crippen LogP contribution in [0.15, 0.2) is 90.2 Å². The van der Waals surface area contributed by atoms with Crippen LogP contribution in [0.5, 0.6) is 5.75 Å². The molecule has 0 aliphatic carbocycles. The molecule has 1 aromatic heterocycles. The number of nitrogens with zero attached hydrogens (tertiary/aromatic N) is 2. The van der Waals surface area contributed by atoms with Crippen molar-refractivity contribution in [1.29, 1.82) is 0 Å². The first-order chi connectivity index (χ1) is 17.3. The summed E-state index contributed by atoms with van der Waals surface area (Å²) in [4.78, 5) is 20.9. The normalized spacial score (nSPS) is 11.9. The summed E-state index contributed by atoms with van der Waals surface area (Å²) >= 11 is 0. The van der Waals surface area contributed by atoms with Crippen LogP contribution in [0.3, 0.4) is 0 Å². The van der Waals surface area contributed by atoms with Crippen molar-refractivity contribution in [3.05, 3.63) is 107 Å². The third-order valence-electron chi connectivity index (χ3n) is 5.30. The van der Waals surface area contributed by atoms with Crippen molar-refractivity contribution < 1.29 is 32.6 Å². The van der Waals surface area contributed by atoms with Gasteiger partial charge in [0.1, 0.15) is 17.9 Å². The average molecular weight is 494 g/mol. The number of rotatable bonds is 9. The molecule has 0 unspecified atom stereocenters. The summed E-state index contributed by atoms with van der Waals surface area (Å²) in [5.74, 6) is -0.785. The highest BCUT2D eigenvalue weighted by Gasteiger charge is 2.29. The quantitative estimate of drug-likeness (QED) is 0.232. The predicted molar refractivity (Wildman–Crippen MR) is 128 cm³/mol. The minimum atomic E-state index is -4.41. The molecule has 0 aliphatic rings. The maximum Gasteiger partial charge on any atom is 0.416 e. The standard InChI is InChI=1S/C27H21F3N2O4/c28-27(29,30)20-10-8-19(9-11-20)16-36-32-23(15-18-5-2-1-3-6-18)21-12-13-24(35-17-25(33)34)26-22(21)7-4-14-31-26/h1-14H,15-17H2,(H,33,34). The van der Waals surface area contributed by atoms with Gasteiger partial charge in [-0.05, 0) is 41.5 Å². The van der Waals surface area contributed by atoms with Crippen LogP contribution < -0.4 is 4.74 Å². The largest absolute Gasteiger partial charge is 0.480 e. The summed E-state index contributed by atoms with van der Waals surface area (Å²) in [5, 5.41) is 14.0. The van der Waals surface area contributed by atoms with Gasteiger partial charge in [0.2, 0.25) is 0 Å². The molecular formula is C27H21F3N2O4. The van der Waals surface area contributed by atoms with Crippen molar-refractivity contribution >= 4 is 22.6 Å². The number of aliphatic carboxylic acids is 1. The Hall–Kier alpha value is -4.40. The monoisotopic (exact) mass is 494 g/mol. The molecule has 36 heavy (non-hydrogen) atoms. The highest BCUT2D eigenvalue weighted by molar-refractivity contribution is 6.11. The van der Waals surface area contributed by atoms with Crippen molar-refractivity contribution in [3.63, 3.8) is 0 Å². The van der Waals surface area contributed by atoms with Crippen LogP contribution in [0, 0.1) is 0 Å². The fourth-order valence-electron chi connectivity index (χ4n) is 3.59. The van der Waals surface area contributed by atoms with E-state index >= 15 is 0 Å². The first-order valence-electron chi connectivity index (χ1n) is 10.9. The first-order valence-corrected chi connectivity index (χ1v) is 10.9. The molecule has 0 amide bonds. The van der Waals surface area contributed by atoms with Gasteiger partial charge < -0.3 is 14.7 Å². The number of carbonyl (C=O) groups is 1. The molecule has 0 fully saturated rings. The van der Waals surface area contributed by atoms with Crippen molar-refractivity contribution in [1.82, 2.24) is 4.98 Å². The Morgan fingerprint density at radius 3 is 2.36 bits per heavy atom. The van der Waals surface area contributed by atoms with E-state index in [9.17, 15) is 18.0 Å². The van der Waals surface area contributed by atoms with Crippen LogP contribution in [0.1, 0.15) is 22.3 Å². The lowest BCUT2D eigenvalue weighted by molar-refractivity contribution is -0.139. The Morgan fingerprint density at radius 1 is 0.917 bits per heavy atom. The number of oxime groups is 1. The second-order valence-electron chi connectivity index (χ2n) is 7.86. The van der Waals surface area contributed by atoms with Crippen LogP contribution in [0.2, 0.25) is 0 Å². The lowest BCUT2D eigenvalue weighted by Crippen LogP contribution is -2.11. The molecule has 4 aromatic rings. The number of carboxylic acid groups (broad SMARTS) is 1. The number of ether oxygens (including phenoxy) is 1. The Labute approximate surface area is 204 Å². The minimum Gasteiger partial charge on any atom is -0.480 e. The molecule has 184 valence electrons. The summed E-state index contributed by atoms with van der Waals surface area (Å²) in [6.45, 7) is -0.529. The van der Waals surface area contributed by atoms with Crippen molar-refractivity contribution in [2.45, 2.75) is 19.2 Å². The van der Waals surface area contributed by atoms with E-state index in [2.05, 4.69) is 10.1 Å². The second kappa shape index (κ2) is 10.9. The summed E-state index contributed by atoms with van der Waals surface area (Å²) in [6.07, 6.45) is -2.42. The van der Waals surface area contributed by atoms with Gasteiger partial charge in [-0.25, -0.2) is 4.79 Å². The molecule has 1 N–H and O–H groups in total. The molecule has 0 bridgehead atoms. The highest BCUT2D eigenvalue weighted by atomic mass is 19.4. The summed E-state index contributed by atoms with van der Waals surface area (Å²) in [7, 11) is 0. The summed E-state index contributed by atoms with van der Waals surface area (Å²) < 4.78 is 43.9. The van der Waals surface area contributed by atoms with E-state index in [0.29, 0.717) is 39.9 Å². The van der Waals surface area contributed by atoms with Gasteiger partial charge in [-0.3, -0.25) is 4.98 Å². The molecule has 1 heterocycles. The smallest absolute Gasteiger partial charge is 0.416 e. The molecule has 0 atom stereocenters. The minimum absolute atomic E-state index is 0.0214. The van der Waals surface area contributed by atoms with Gasteiger partial charge in [-0.2, -0.15) is 13.2 Å². The van der Waals surface area contributed by atoms with Crippen LogP contribution in [-0.4, -0.2) is 28.4 Å². The fourth-order valence-corrected chi connectivity index (χ4v) is 3.59. The van der Waals surface area contributed by atoms with Gasteiger partial charge in [-0.1, -0.05) is 53.7 Å². The maximum atomic E-state index is 12.8. The Morgan fingerprint density at radius 2 is 1.67 bits per heavy atom. The van der Waals surface area contributed by atoms with Gasteiger partial charge in [0.25, 0.3) is 0 Å². The average Bonchev–Trinajstić information content (AvgIpc) is 2.87. The van der Waals surface area contributed by atoms with E-state index in [0.717, 1.165) is 17.7 Å². The van der Waals surface area contributed by atoms with Crippen LogP contribution >= 0.6 is 0 Å². The number of pyridine rings is 1. The molecule has 0 spiro atoms. The lowest BCUT2D eigenvalue weighted by Gasteiger charge is -2.13. The maximum absolute atomic E-state index is 12.8. The number of alkyl halides is 3. The summed E-state index contributed by atoms with van der Waals surface area (Å²) in [5.41, 5.74) is 2.52. The van der Waals surface area contributed by atoms with Crippen LogP contribution in [0.4, 0.5) is 13.2 Å². The summed E-state index contributed by atoms with van der Waals surface area (Å²) in [6, 6.07) is 21.2. The molecule has 0 saturated heterocycles. The fraction of sp³-hybridized carbons (Fsp3) is 0.148. The molecule has 3 aromatic carbocycles. The number of hydrogen-bond donors (Lipinski definition) is 1. The molecular weight excluding hydrogens is 473 g/mol. The van der Waals surface area contributed by atoms with E-state index in [1.165, 1.54) is 12.1 Å². The molecule has 0 aliphatic heterocycles. The molecule has 9 heteroatoms. The number of carboxylic acids is 1. The Kier molecular flexibility index (Phi) is 7.48. The first kappa shape index (κ1) is 24.7. The van der Waals surface area contributed by atoms with E-state index in [1.54, 1.807) is 24.4 Å². The number of benzene rings is 3. The van der Waals surface area contributed by atoms with Gasteiger partial charge in [0.15, 0.2) is 6.61 Å².